The van der Waals surface area contributed by atoms with E-state index in [0.717, 1.165) is 19.0 Å². The van der Waals surface area contributed by atoms with Gasteiger partial charge in [-0.15, -0.1) is 0 Å². The Morgan fingerprint density at radius 2 is 2.31 bits per heavy atom. The molecule has 0 radical (unpaired) electrons. The van der Waals surface area contributed by atoms with Crippen molar-refractivity contribution in [1.29, 1.82) is 0 Å². The molecule has 0 saturated heterocycles. The second-order valence-corrected chi connectivity index (χ2v) is 4.46. The van der Waals surface area contributed by atoms with Crippen molar-refractivity contribution in [2.75, 3.05) is 0 Å². The fraction of sp³-hybridized carbons (Fsp3) is 0.455. The summed E-state index contributed by atoms with van der Waals surface area (Å²) in [5.41, 5.74) is 0.822. The lowest BCUT2D eigenvalue weighted by molar-refractivity contribution is -0.139. The molecular formula is C11H11ClFNO2. The molecule has 1 aliphatic carbocycles. The Hall–Kier alpha value is -1.16. The molecule has 1 heterocycles. The molecule has 0 aliphatic heterocycles. The summed E-state index contributed by atoms with van der Waals surface area (Å²) in [6.07, 6.45) is 2.75. The van der Waals surface area contributed by atoms with Gasteiger partial charge in [0.05, 0.1) is 16.9 Å². The van der Waals surface area contributed by atoms with Crippen molar-refractivity contribution >= 4 is 17.6 Å². The molecule has 1 N–H and O–H groups in total. The van der Waals surface area contributed by atoms with Gasteiger partial charge in [-0.05, 0) is 31.2 Å². The Morgan fingerprint density at radius 1 is 1.69 bits per heavy atom. The van der Waals surface area contributed by atoms with Crippen molar-refractivity contribution in [3.05, 3.63) is 28.3 Å². The summed E-state index contributed by atoms with van der Waals surface area (Å²) >= 11 is 5.75. The number of hydrogen-bond acceptors (Lipinski definition) is 2. The minimum atomic E-state index is -0.916. The number of rotatable bonds is 3. The molecule has 1 unspecified atom stereocenters. The first-order valence-electron chi connectivity index (χ1n) is 5.05. The standard InChI is InChI=1S/C11H11ClFNO2/c1-5-9(12)7(13)4-14-10(5)8(11(15)16)6-2-3-6/h4,6,8H,2-3H2,1H3,(H,15,16). The molecule has 1 aliphatic rings. The van der Waals surface area contributed by atoms with Crippen LogP contribution in [-0.2, 0) is 4.79 Å². The number of aliphatic carboxylic acids is 1. The number of nitrogens with zero attached hydrogens (tertiary/aromatic N) is 1. The summed E-state index contributed by atoms with van der Waals surface area (Å²) in [7, 11) is 0. The van der Waals surface area contributed by atoms with Crippen LogP contribution in [0.25, 0.3) is 0 Å². The van der Waals surface area contributed by atoms with Crippen LogP contribution in [0.15, 0.2) is 6.20 Å². The van der Waals surface area contributed by atoms with Crippen molar-refractivity contribution in [2.45, 2.75) is 25.7 Å². The topological polar surface area (TPSA) is 50.2 Å². The number of aromatic nitrogens is 1. The third kappa shape index (κ3) is 1.89. The van der Waals surface area contributed by atoms with Gasteiger partial charge < -0.3 is 5.11 Å². The molecule has 1 aromatic rings. The van der Waals surface area contributed by atoms with Gasteiger partial charge >= 0.3 is 5.97 Å². The minimum Gasteiger partial charge on any atom is -0.481 e. The van der Waals surface area contributed by atoms with Crippen molar-refractivity contribution in [1.82, 2.24) is 4.98 Å². The Balaban J connectivity index is 2.45. The van der Waals surface area contributed by atoms with E-state index < -0.39 is 17.7 Å². The second-order valence-electron chi connectivity index (χ2n) is 4.08. The van der Waals surface area contributed by atoms with Crippen LogP contribution < -0.4 is 0 Å². The molecule has 3 nitrogen and oxygen atoms in total. The lowest BCUT2D eigenvalue weighted by atomic mass is 9.96. The number of hydrogen-bond donors (Lipinski definition) is 1. The fourth-order valence-corrected chi connectivity index (χ4v) is 2.00. The van der Waals surface area contributed by atoms with Crippen molar-refractivity contribution in [2.24, 2.45) is 5.92 Å². The molecule has 2 rings (SSSR count). The van der Waals surface area contributed by atoms with E-state index in [1.165, 1.54) is 0 Å². The molecule has 1 aromatic heterocycles. The summed E-state index contributed by atoms with van der Waals surface area (Å²) in [6, 6.07) is 0. The number of carboxylic acid groups (broad SMARTS) is 1. The van der Waals surface area contributed by atoms with E-state index >= 15 is 0 Å². The first kappa shape index (κ1) is 11.3. The number of halogens is 2. The highest BCUT2D eigenvalue weighted by atomic mass is 35.5. The second kappa shape index (κ2) is 4.01. The average molecular weight is 244 g/mol. The quantitative estimate of drug-likeness (QED) is 0.888. The molecule has 0 aromatic carbocycles. The fourth-order valence-electron chi connectivity index (χ4n) is 1.86. The van der Waals surface area contributed by atoms with Gasteiger partial charge in [-0.2, -0.15) is 0 Å². The largest absolute Gasteiger partial charge is 0.481 e. The predicted molar refractivity (Wildman–Crippen MR) is 57.0 cm³/mol. The summed E-state index contributed by atoms with van der Waals surface area (Å²) in [6.45, 7) is 1.60. The zero-order valence-electron chi connectivity index (χ0n) is 8.70. The molecule has 0 spiro atoms. The van der Waals surface area contributed by atoms with Gasteiger partial charge in [-0.25, -0.2) is 4.39 Å². The summed E-state index contributed by atoms with van der Waals surface area (Å²) in [5.74, 6) is -2.06. The molecule has 1 atom stereocenters. The molecule has 0 amide bonds. The SMILES string of the molecule is Cc1c(C(C(=O)O)C2CC2)ncc(F)c1Cl. The molecule has 86 valence electrons. The smallest absolute Gasteiger partial charge is 0.312 e. The van der Waals surface area contributed by atoms with Crippen LogP contribution in [0, 0.1) is 18.7 Å². The van der Waals surface area contributed by atoms with E-state index in [2.05, 4.69) is 4.98 Å². The Bertz CT molecular complexity index is 446. The molecule has 5 heteroatoms. The van der Waals surface area contributed by atoms with E-state index in [1.807, 2.05) is 0 Å². The molecule has 1 fully saturated rings. The molecule has 1 saturated carbocycles. The van der Waals surface area contributed by atoms with Gasteiger partial charge in [-0.1, -0.05) is 11.6 Å². The first-order valence-corrected chi connectivity index (χ1v) is 5.43. The van der Waals surface area contributed by atoms with Crippen LogP contribution in [0.5, 0.6) is 0 Å². The average Bonchev–Trinajstić information content (AvgIpc) is 3.02. The van der Waals surface area contributed by atoms with Crippen LogP contribution in [0.4, 0.5) is 4.39 Å². The van der Waals surface area contributed by atoms with E-state index in [-0.39, 0.29) is 10.9 Å². The Morgan fingerprint density at radius 3 is 2.81 bits per heavy atom. The molecular weight excluding hydrogens is 233 g/mol. The minimum absolute atomic E-state index is 0.0306. The van der Waals surface area contributed by atoms with Gasteiger partial charge in [0.15, 0.2) is 5.82 Å². The van der Waals surface area contributed by atoms with Crippen molar-refractivity contribution in [3.8, 4) is 0 Å². The van der Waals surface area contributed by atoms with Crippen LogP contribution in [-0.4, -0.2) is 16.1 Å². The van der Waals surface area contributed by atoms with Crippen LogP contribution >= 0.6 is 11.6 Å². The predicted octanol–water partition coefficient (Wildman–Crippen LogP) is 2.76. The first-order chi connectivity index (χ1) is 7.52. The van der Waals surface area contributed by atoms with Crippen LogP contribution in [0.2, 0.25) is 5.02 Å². The highest BCUT2D eigenvalue weighted by Gasteiger charge is 2.39. The Labute approximate surface area is 97.3 Å². The monoisotopic (exact) mass is 243 g/mol. The highest BCUT2D eigenvalue weighted by Crippen LogP contribution is 2.43. The van der Waals surface area contributed by atoms with Crippen molar-refractivity contribution < 1.29 is 14.3 Å². The van der Waals surface area contributed by atoms with Crippen LogP contribution in [0.1, 0.15) is 30.0 Å². The maximum absolute atomic E-state index is 13.1. The number of carboxylic acids is 1. The lowest BCUT2D eigenvalue weighted by Crippen LogP contribution is -2.17. The van der Waals surface area contributed by atoms with Crippen molar-refractivity contribution in [3.63, 3.8) is 0 Å². The van der Waals surface area contributed by atoms with E-state index in [1.54, 1.807) is 6.92 Å². The van der Waals surface area contributed by atoms with Crippen LogP contribution in [0.3, 0.4) is 0 Å². The van der Waals surface area contributed by atoms with E-state index in [0.29, 0.717) is 11.3 Å². The lowest BCUT2D eigenvalue weighted by Gasteiger charge is -2.14. The van der Waals surface area contributed by atoms with E-state index in [9.17, 15) is 9.18 Å². The van der Waals surface area contributed by atoms with Gasteiger partial charge in [0, 0.05) is 0 Å². The Kier molecular flexibility index (Phi) is 2.84. The normalized spacial score (nSPS) is 17.2. The highest BCUT2D eigenvalue weighted by molar-refractivity contribution is 6.31. The summed E-state index contributed by atoms with van der Waals surface area (Å²) < 4.78 is 13.1. The van der Waals surface area contributed by atoms with Gasteiger partial charge in [-0.3, -0.25) is 9.78 Å². The van der Waals surface area contributed by atoms with Gasteiger partial charge in [0.2, 0.25) is 0 Å². The number of pyridine rings is 1. The maximum Gasteiger partial charge on any atom is 0.312 e. The van der Waals surface area contributed by atoms with Gasteiger partial charge in [0.25, 0.3) is 0 Å². The third-order valence-corrected chi connectivity index (χ3v) is 3.36. The van der Waals surface area contributed by atoms with Gasteiger partial charge in [0.1, 0.15) is 5.92 Å². The van der Waals surface area contributed by atoms with E-state index in [4.69, 9.17) is 16.7 Å². The maximum atomic E-state index is 13.1. The number of carbonyl (C=O) groups is 1. The molecule has 16 heavy (non-hydrogen) atoms. The third-order valence-electron chi connectivity index (χ3n) is 2.89. The summed E-state index contributed by atoms with van der Waals surface area (Å²) in [4.78, 5) is 15.0. The zero-order chi connectivity index (χ0) is 11.9. The zero-order valence-corrected chi connectivity index (χ0v) is 9.46. The summed E-state index contributed by atoms with van der Waals surface area (Å²) in [5, 5.41) is 9.11. The molecule has 0 bridgehead atoms.